The maximum atomic E-state index is 12.4. The van der Waals surface area contributed by atoms with Crippen molar-refractivity contribution in [1.82, 2.24) is 9.97 Å². The predicted molar refractivity (Wildman–Crippen MR) is 93.1 cm³/mol. The lowest BCUT2D eigenvalue weighted by Crippen LogP contribution is -2.17. The van der Waals surface area contributed by atoms with E-state index in [1.54, 1.807) is 7.11 Å². The zero-order valence-corrected chi connectivity index (χ0v) is 14.5. The summed E-state index contributed by atoms with van der Waals surface area (Å²) in [7, 11) is 2.85. The molecule has 132 valence electrons. The number of aromatic nitrogens is 2. The summed E-state index contributed by atoms with van der Waals surface area (Å²) in [6, 6.07) is 5.91. The highest BCUT2D eigenvalue weighted by atomic mass is 35.5. The number of hydrogen-bond donors (Lipinski definition) is 2. The van der Waals surface area contributed by atoms with E-state index in [9.17, 15) is 9.59 Å². The van der Waals surface area contributed by atoms with Crippen LogP contribution in [0.4, 0.5) is 11.6 Å². The molecule has 0 spiro atoms. The molecule has 1 heterocycles. The standard InChI is InChI=1S/C16H17ClN4O4/c1-24-8-7-19-16-18-6-5-12(21-16)14(22)20-13-9-10(15(23)25-2)3-4-11(13)17/h3-6,9H,7-8H2,1-2H3,(H,20,22)(H,18,19,21). The molecule has 0 fully saturated rings. The summed E-state index contributed by atoms with van der Waals surface area (Å²) in [5.41, 5.74) is 0.698. The molecule has 0 unspecified atom stereocenters. The zero-order valence-electron chi connectivity index (χ0n) is 13.7. The molecule has 25 heavy (non-hydrogen) atoms. The van der Waals surface area contributed by atoms with Crippen molar-refractivity contribution >= 4 is 35.1 Å². The van der Waals surface area contributed by atoms with E-state index in [1.807, 2.05) is 0 Å². The summed E-state index contributed by atoms with van der Waals surface area (Å²) in [6.45, 7) is 0.990. The molecular weight excluding hydrogens is 348 g/mol. The van der Waals surface area contributed by atoms with Crippen molar-refractivity contribution in [2.45, 2.75) is 0 Å². The number of anilines is 2. The highest BCUT2D eigenvalue weighted by Crippen LogP contribution is 2.24. The molecule has 1 aromatic heterocycles. The first-order valence-electron chi connectivity index (χ1n) is 7.30. The lowest BCUT2D eigenvalue weighted by atomic mass is 10.2. The molecule has 0 aliphatic carbocycles. The highest BCUT2D eigenvalue weighted by Gasteiger charge is 2.14. The Morgan fingerprint density at radius 1 is 1.24 bits per heavy atom. The van der Waals surface area contributed by atoms with Gasteiger partial charge in [0.1, 0.15) is 5.69 Å². The lowest BCUT2D eigenvalue weighted by molar-refractivity contribution is 0.0600. The number of amides is 1. The third-order valence-corrected chi connectivity index (χ3v) is 3.44. The van der Waals surface area contributed by atoms with Gasteiger partial charge in [0.15, 0.2) is 0 Å². The Morgan fingerprint density at radius 2 is 2.04 bits per heavy atom. The molecule has 0 aliphatic rings. The van der Waals surface area contributed by atoms with Crippen LogP contribution in [0, 0.1) is 0 Å². The van der Waals surface area contributed by atoms with Gasteiger partial charge in [-0.2, -0.15) is 0 Å². The van der Waals surface area contributed by atoms with Gasteiger partial charge in [-0.25, -0.2) is 14.8 Å². The fourth-order valence-corrected chi connectivity index (χ4v) is 2.05. The fourth-order valence-electron chi connectivity index (χ4n) is 1.89. The van der Waals surface area contributed by atoms with Crippen molar-refractivity contribution in [3.05, 3.63) is 46.7 Å². The van der Waals surface area contributed by atoms with E-state index in [1.165, 1.54) is 37.6 Å². The Kier molecular flexibility index (Phi) is 6.67. The van der Waals surface area contributed by atoms with Gasteiger partial charge >= 0.3 is 5.97 Å². The minimum atomic E-state index is -0.529. The number of esters is 1. The first kappa shape index (κ1) is 18.6. The Labute approximate surface area is 149 Å². The van der Waals surface area contributed by atoms with E-state index < -0.39 is 11.9 Å². The molecule has 0 radical (unpaired) electrons. The zero-order chi connectivity index (χ0) is 18.2. The highest BCUT2D eigenvalue weighted by molar-refractivity contribution is 6.34. The Balaban J connectivity index is 2.14. The van der Waals surface area contributed by atoms with Gasteiger partial charge in [0.25, 0.3) is 5.91 Å². The quantitative estimate of drug-likeness (QED) is 0.573. The van der Waals surface area contributed by atoms with E-state index in [-0.39, 0.29) is 22.0 Å². The van der Waals surface area contributed by atoms with Crippen LogP contribution in [-0.2, 0) is 9.47 Å². The van der Waals surface area contributed by atoms with Crippen LogP contribution in [0.25, 0.3) is 0 Å². The number of rotatable bonds is 7. The smallest absolute Gasteiger partial charge is 0.337 e. The Morgan fingerprint density at radius 3 is 2.76 bits per heavy atom. The van der Waals surface area contributed by atoms with E-state index in [4.69, 9.17) is 16.3 Å². The SMILES string of the molecule is COCCNc1nccc(C(=O)Nc2cc(C(=O)OC)ccc2Cl)n1. The average Bonchev–Trinajstić information content (AvgIpc) is 2.63. The van der Waals surface area contributed by atoms with Crippen LogP contribution in [0.15, 0.2) is 30.5 Å². The number of methoxy groups -OCH3 is 2. The number of hydrogen-bond acceptors (Lipinski definition) is 7. The molecular formula is C16H17ClN4O4. The summed E-state index contributed by atoms with van der Waals surface area (Å²) in [6.07, 6.45) is 1.46. The lowest BCUT2D eigenvalue weighted by Gasteiger charge is -2.09. The average molecular weight is 365 g/mol. The second-order valence-corrected chi connectivity index (χ2v) is 5.23. The van der Waals surface area contributed by atoms with Crippen molar-refractivity contribution in [3.8, 4) is 0 Å². The largest absolute Gasteiger partial charge is 0.465 e. The molecule has 2 rings (SSSR count). The van der Waals surface area contributed by atoms with Gasteiger partial charge in [0.05, 0.1) is 30.0 Å². The normalized spacial score (nSPS) is 10.2. The van der Waals surface area contributed by atoms with Gasteiger partial charge in [0, 0.05) is 19.9 Å². The van der Waals surface area contributed by atoms with Crippen LogP contribution in [0.1, 0.15) is 20.8 Å². The number of ether oxygens (including phenoxy) is 2. The number of benzene rings is 1. The first-order chi connectivity index (χ1) is 12.0. The van der Waals surface area contributed by atoms with Crippen LogP contribution < -0.4 is 10.6 Å². The summed E-state index contributed by atoms with van der Waals surface area (Å²) >= 11 is 6.07. The molecule has 1 aromatic carbocycles. The summed E-state index contributed by atoms with van der Waals surface area (Å²) in [5.74, 6) is -0.709. The van der Waals surface area contributed by atoms with Crippen molar-refractivity contribution in [1.29, 1.82) is 0 Å². The molecule has 0 atom stereocenters. The molecule has 0 aliphatic heterocycles. The molecule has 2 N–H and O–H groups in total. The monoisotopic (exact) mass is 364 g/mol. The van der Waals surface area contributed by atoms with Gasteiger partial charge < -0.3 is 20.1 Å². The van der Waals surface area contributed by atoms with Crippen molar-refractivity contribution < 1.29 is 19.1 Å². The van der Waals surface area contributed by atoms with E-state index >= 15 is 0 Å². The summed E-state index contributed by atoms with van der Waals surface area (Å²) in [4.78, 5) is 32.1. The van der Waals surface area contributed by atoms with Gasteiger partial charge in [-0.3, -0.25) is 4.79 Å². The van der Waals surface area contributed by atoms with Crippen LogP contribution in [0.3, 0.4) is 0 Å². The van der Waals surface area contributed by atoms with Gasteiger partial charge in [-0.05, 0) is 24.3 Å². The third-order valence-electron chi connectivity index (χ3n) is 3.11. The summed E-state index contributed by atoms with van der Waals surface area (Å²) < 4.78 is 9.57. The molecule has 1 amide bonds. The van der Waals surface area contributed by atoms with E-state index in [2.05, 4.69) is 25.3 Å². The second-order valence-electron chi connectivity index (χ2n) is 4.83. The number of carbonyl (C=O) groups is 2. The Bertz CT molecular complexity index is 770. The van der Waals surface area contributed by atoms with Crippen molar-refractivity contribution in [2.24, 2.45) is 0 Å². The van der Waals surface area contributed by atoms with Crippen LogP contribution in [0.5, 0.6) is 0 Å². The molecule has 2 aromatic rings. The third kappa shape index (κ3) is 5.13. The second kappa shape index (κ2) is 8.95. The van der Waals surface area contributed by atoms with Crippen LogP contribution in [0.2, 0.25) is 5.02 Å². The predicted octanol–water partition coefficient (Wildman–Crippen LogP) is 2.23. The van der Waals surface area contributed by atoms with Crippen LogP contribution >= 0.6 is 11.6 Å². The van der Waals surface area contributed by atoms with Gasteiger partial charge in [0.2, 0.25) is 5.95 Å². The number of nitrogens with zero attached hydrogens (tertiary/aromatic N) is 2. The van der Waals surface area contributed by atoms with Gasteiger partial charge in [-0.15, -0.1) is 0 Å². The van der Waals surface area contributed by atoms with E-state index in [0.29, 0.717) is 19.1 Å². The molecule has 0 saturated carbocycles. The summed E-state index contributed by atoms with van der Waals surface area (Å²) in [5, 5.41) is 5.84. The number of carbonyl (C=O) groups excluding carboxylic acids is 2. The number of nitrogens with one attached hydrogen (secondary N) is 2. The fraction of sp³-hybridized carbons (Fsp3) is 0.250. The number of halogens is 1. The maximum absolute atomic E-state index is 12.4. The first-order valence-corrected chi connectivity index (χ1v) is 7.68. The van der Waals surface area contributed by atoms with Crippen molar-refractivity contribution in [2.75, 3.05) is 38.0 Å². The molecule has 0 bridgehead atoms. The topological polar surface area (TPSA) is 102 Å². The molecule has 0 saturated heterocycles. The minimum absolute atomic E-state index is 0.148. The van der Waals surface area contributed by atoms with Gasteiger partial charge in [-0.1, -0.05) is 11.6 Å². The minimum Gasteiger partial charge on any atom is -0.465 e. The van der Waals surface area contributed by atoms with E-state index in [0.717, 1.165) is 0 Å². The van der Waals surface area contributed by atoms with Crippen molar-refractivity contribution in [3.63, 3.8) is 0 Å². The Hall–Kier alpha value is -2.71. The maximum Gasteiger partial charge on any atom is 0.337 e. The van der Waals surface area contributed by atoms with Crippen LogP contribution in [-0.4, -0.2) is 49.2 Å². The molecule has 8 nitrogen and oxygen atoms in total. The molecule has 9 heteroatoms.